The fourth-order valence-electron chi connectivity index (χ4n) is 4.70. The van der Waals surface area contributed by atoms with E-state index in [1.165, 1.54) is 19.3 Å². The molecule has 3 rings (SSSR count). The highest BCUT2D eigenvalue weighted by atomic mass is 16.2. The van der Waals surface area contributed by atoms with E-state index in [-0.39, 0.29) is 35.2 Å². The molecule has 3 fully saturated rings. The van der Waals surface area contributed by atoms with Crippen molar-refractivity contribution in [1.82, 2.24) is 15.1 Å². The van der Waals surface area contributed by atoms with Crippen molar-refractivity contribution in [3.8, 4) is 0 Å². The minimum Gasteiger partial charge on any atom is -0.353 e. The molecule has 1 N–H and O–H groups in total. The molecule has 0 aromatic rings. The van der Waals surface area contributed by atoms with Gasteiger partial charge in [0.25, 0.3) is 0 Å². The molecule has 1 atom stereocenters. The third-order valence-electron chi connectivity index (χ3n) is 6.41. The topological polar surface area (TPSA) is 69.7 Å². The van der Waals surface area contributed by atoms with Crippen LogP contribution in [0.4, 0.5) is 0 Å². The van der Waals surface area contributed by atoms with Gasteiger partial charge in [-0.25, -0.2) is 0 Å². The Labute approximate surface area is 163 Å². The van der Waals surface area contributed by atoms with Crippen LogP contribution < -0.4 is 5.32 Å². The van der Waals surface area contributed by atoms with Crippen LogP contribution in [-0.2, 0) is 14.4 Å². The molecule has 6 nitrogen and oxygen atoms in total. The van der Waals surface area contributed by atoms with Crippen LogP contribution in [0.2, 0.25) is 0 Å². The number of nitrogens with one attached hydrogen (secondary N) is 1. The minimum atomic E-state index is -0.251. The third kappa shape index (κ3) is 4.82. The minimum absolute atomic E-state index is 0.00726. The maximum atomic E-state index is 12.7. The van der Waals surface area contributed by atoms with Crippen molar-refractivity contribution in [1.29, 1.82) is 0 Å². The molecule has 2 aliphatic heterocycles. The van der Waals surface area contributed by atoms with Crippen LogP contribution in [0.25, 0.3) is 0 Å². The van der Waals surface area contributed by atoms with E-state index in [4.69, 9.17) is 0 Å². The smallest absolute Gasteiger partial charge is 0.225 e. The maximum Gasteiger partial charge on any atom is 0.225 e. The van der Waals surface area contributed by atoms with Crippen molar-refractivity contribution in [2.75, 3.05) is 19.6 Å². The third-order valence-corrected chi connectivity index (χ3v) is 6.41. The summed E-state index contributed by atoms with van der Waals surface area (Å²) in [4.78, 5) is 41.3. The average molecular weight is 378 g/mol. The first-order valence-corrected chi connectivity index (χ1v) is 10.7. The number of hydrogen-bond donors (Lipinski definition) is 1. The van der Waals surface area contributed by atoms with Crippen LogP contribution in [0, 0.1) is 11.8 Å². The van der Waals surface area contributed by atoms with Gasteiger partial charge in [0, 0.05) is 43.6 Å². The second-order valence-electron chi connectivity index (χ2n) is 9.52. The summed E-state index contributed by atoms with van der Waals surface area (Å²) < 4.78 is 0. The molecular formula is C21H35N3O3. The molecule has 3 aliphatic rings. The number of rotatable bonds is 3. The number of nitrogens with zero attached hydrogens (tertiary/aromatic N) is 2. The van der Waals surface area contributed by atoms with Gasteiger partial charge in [0.2, 0.25) is 17.7 Å². The van der Waals surface area contributed by atoms with E-state index in [1.54, 1.807) is 0 Å². The van der Waals surface area contributed by atoms with Gasteiger partial charge in [-0.1, -0.05) is 19.3 Å². The molecule has 27 heavy (non-hydrogen) atoms. The van der Waals surface area contributed by atoms with E-state index in [2.05, 4.69) is 5.32 Å². The van der Waals surface area contributed by atoms with Gasteiger partial charge in [-0.05, 0) is 46.5 Å². The Bertz CT molecular complexity index is 570. The van der Waals surface area contributed by atoms with Crippen molar-refractivity contribution < 1.29 is 14.4 Å². The number of amides is 3. The molecule has 2 saturated heterocycles. The molecular weight excluding hydrogens is 342 g/mol. The highest BCUT2D eigenvalue weighted by molar-refractivity contribution is 5.89. The van der Waals surface area contributed by atoms with Gasteiger partial charge in [0.1, 0.15) is 0 Å². The van der Waals surface area contributed by atoms with Crippen molar-refractivity contribution in [3.63, 3.8) is 0 Å². The lowest BCUT2D eigenvalue weighted by atomic mass is 9.87. The molecule has 0 aromatic heterocycles. The summed E-state index contributed by atoms with van der Waals surface area (Å²) >= 11 is 0. The van der Waals surface area contributed by atoms with Crippen LogP contribution in [0.15, 0.2) is 0 Å². The lowest BCUT2D eigenvalue weighted by Crippen LogP contribution is -2.49. The van der Waals surface area contributed by atoms with Crippen molar-refractivity contribution >= 4 is 17.7 Å². The Kier molecular flexibility index (Phi) is 6.11. The first-order valence-electron chi connectivity index (χ1n) is 10.7. The van der Waals surface area contributed by atoms with E-state index >= 15 is 0 Å². The van der Waals surface area contributed by atoms with E-state index in [9.17, 15) is 14.4 Å². The largest absolute Gasteiger partial charge is 0.353 e. The van der Waals surface area contributed by atoms with Gasteiger partial charge in [0.15, 0.2) is 0 Å². The molecule has 0 radical (unpaired) electrons. The molecule has 3 amide bonds. The molecule has 152 valence electrons. The number of carbonyl (C=O) groups is 3. The lowest BCUT2D eigenvalue weighted by molar-refractivity contribution is -0.138. The fraction of sp³-hybridized carbons (Fsp3) is 0.857. The Balaban J connectivity index is 1.44. The van der Waals surface area contributed by atoms with E-state index in [1.807, 2.05) is 30.6 Å². The standard InChI is InChI=1S/C21H35N3O3/c1-21(2,3)24-14-16(13-18(24)25)19(26)22-17-9-11-23(12-10-17)20(27)15-7-5-4-6-8-15/h15-17H,4-14H2,1-3H3,(H,22,26). The van der Waals surface area contributed by atoms with Gasteiger partial charge >= 0.3 is 0 Å². The Hall–Kier alpha value is -1.59. The number of carbonyl (C=O) groups excluding carboxylic acids is 3. The quantitative estimate of drug-likeness (QED) is 0.821. The van der Waals surface area contributed by atoms with Crippen LogP contribution >= 0.6 is 0 Å². The summed E-state index contributed by atoms with van der Waals surface area (Å²) in [7, 11) is 0. The average Bonchev–Trinajstić information content (AvgIpc) is 3.05. The summed E-state index contributed by atoms with van der Waals surface area (Å²) in [6.07, 6.45) is 7.62. The number of hydrogen-bond acceptors (Lipinski definition) is 3. The van der Waals surface area contributed by atoms with Gasteiger partial charge in [-0.2, -0.15) is 0 Å². The van der Waals surface area contributed by atoms with Crippen molar-refractivity contribution in [2.24, 2.45) is 11.8 Å². The zero-order valence-corrected chi connectivity index (χ0v) is 17.1. The molecule has 0 bridgehead atoms. The number of piperidine rings is 1. The molecule has 1 saturated carbocycles. The molecule has 6 heteroatoms. The van der Waals surface area contributed by atoms with Gasteiger partial charge in [-0.3, -0.25) is 14.4 Å². The van der Waals surface area contributed by atoms with Crippen LogP contribution in [0.5, 0.6) is 0 Å². The zero-order chi connectivity index (χ0) is 19.6. The monoisotopic (exact) mass is 377 g/mol. The lowest BCUT2D eigenvalue weighted by Gasteiger charge is -2.36. The van der Waals surface area contributed by atoms with Crippen LogP contribution in [0.3, 0.4) is 0 Å². The van der Waals surface area contributed by atoms with E-state index in [0.717, 1.165) is 38.8 Å². The van der Waals surface area contributed by atoms with Crippen molar-refractivity contribution in [2.45, 2.75) is 83.7 Å². The first-order chi connectivity index (χ1) is 12.8. The summed E-state index contributed by atoms with van der Waals surface area (Å²) in [6.45, 7) is 7.99. The highest BCUT2D eigenvalue weighted by Crippen LogP contribution is 2.28. The normalized spacial score (nSPS) is 25.7. The Morgan fingerprint density at radius 3 is 2.15 bits per heavy atom. The molecule has 1 unspecified atom stereocenters. The van der Waals surface area contributed by atoms with E-state index < -0.39 is 0 Å². The fourth-order valence-corrected chi connectivity index (χ4v) is 4.70. The molecule has 2 heterocycles. The Morgan fingerprint density at radius 2 is 1.59 bits per heavy atom. The maximum absolute atomic E-state index is 12.7. The van der Waals surface area contributed by atoms with Gasteiger partial charge in [-0.15, -0.1) is 0 Å². The first kappa shape index (κ1) is 20.2. The summed E-state index contributed by atoms with van der Waals surface area (Å²) in [6, 6.07) is 0.117. The van der Waals surface area contributed by atoms with Gasteiger partial charge < -0.3 is 15.1 Å². The summed E-state index contributed by atoms with van der Waals surface area (Å²) in [5.74, 6) is 0.348. The molecule has 0 aromatic carbocycles. The van der Waals surface area contributed by atoms with Crippen molar-refractivity contribution in [3.05, 3.63) is 0 Å². The predicted octanol–water partition coefficient (Wildman–Crippen LogP) is 2.32. The molecule has 0 spiro atoms. The highest BCUT2D eigenvalue weighted by Gasteiger charge is 2.40. The summed E-state index contributed by atoms with van der Waals surface area (Å²) in [5.41, 5.74) is -0.239. The van der Waals surface area contributed by atoms with Crippen LogP contribution in [0.1, 0.15) is 72.1 Å². The second-order valence-corrected chi connectivity index (χ2v) is 9.52. The predicted molar refractivity (Wildman–Crippen MR) is 104 cm³/mol. The number of likely N-dealkylation sites (tertiary alicyclic amines) is 2. The summed E-state index contributed by atoms with van der Waals surface area (Å²) in [5, 5.41) is 3.14. The SMILES string of the molecule is CC(C)(C)N1CC(C(=O)NC2CCN(C(=O)C3CCCCC3)CC2)CC1=O. The Morgan fingerprint density at radius 1 is 0.963 bits per heavy atom. The van der Waals surface area contributed by atoms with E-state index in [0.29, 0.717) is 18.9 Å². The van der Waals surface area contributed by atoms with Crippen LogP contribution in [-0.4, -0.2) is 58.7 Å². The zero-order valence-electron chi connectivity index (χ0n) is 17.1. The van der Waals surface area contributed by atoms with Gasteiger partial charge in [0.05, 0.1) is 5.92 Å². The molecule has 1 aliphatic carbocycles. The second kappa shape index (κ2) is 8.19.